The molecule has 0 N–H and O–H groups in total. The maximum atomic E-state index is 4.70. The average Bonchev–Trinajstić information content (AvgIpc) is 3.07. The molecule has 0 radical (unpaired) electrons. The number of aromatic nitrogens is 2. The standard InChI is InChI=1S/C18H21N3/c1-13-7-3-4-8-16(13)21-14(2)15-11-19-12-20-17(15)18(21)9-5-6-10-18/h3-4,7-8,11-12,14H,5-6,9-10H2,1-2H3. The second-order valence-electron chi connectivity index (χ2n) is 6.40. The molecule has 2 aliphatic rings. The first-order chi connectivity index (χ1) is 10.2. The molecule has 2 heterocycles. The monoisotopic (exact) mass is 279 g/mol. The molecule has 0 amide bonds. The van der Waals surface area contributed by atoms with Crippen molar-refractivity contribution >= 4 is 5.69 Å². The van der Waals surface area contributed by atoms with E-state index in [2.05, 4.69) is 48.0 Å². The van der Waals surface area contributed by atoms with Crippen LogP contribution in [0.25, 0.3) is 0 Å². The van der Waals surface area contributed by atoms with Crippen molar-refractivity contribution < 1.29 is 0 Å². The van der Waals surface area contributed by atoms with E-state index in [1.54, 1.807) is 6.33 Å². The first-order valence-electron chi connectivity index (χ1n) is 7.89. The van der Waals surface area contributed by atoms with E-state index in [0.717, 1.165) is 0 Å². The molecule has 1 aromatic heterocycles. The zero-order valence-electron chi connectivity index (χ0n) is 12.7. The molecule has 1 spiro atoms. The molecule has 2 aromatic rings. The highest BCUT2D eigenvalue weighted by molar-refractivity contribution is 5.62. The van der Waals surface area contributed by atoms with Gasteiger partial charge in [0.25, 0.3) is 0 Å². The molecule has 0 saturated heterocycles. The molecule has 1 aromatic carbocycles. The predicted molar refractivity (Wildman–Crippen MR) is 84.3 cm³/mol. The van der Waals surface area contributed by atoms with E-state index in [9.17, 15) is 0 Å². The average molecular weight is 279 g/mol. The molecule has 3 nitrogen and oxygen atoms in total. The predicted octanol–water partition coefficient (Wildman–Crippen LogP) is 4.14. The molecule has 1 fully saturated rings. The molecule has 0 bridgehead atoms. The van der Waals surface area contributed by atoms with E-state index < -0.39 is 0 Å². The van der Waals surface area contributed by atoms with E-state index in [4.69, 9.17) is 4.98 Å². The van der Waals surface area contributed by atoms with Gasteiger partial charge in [-0.3, -0.25) is 0 Å². The number of fused-ring (bicyclic) bond motifs is 2. The molecule has 21 heavy (non-hydrogen) atoms. The largest absolute Gasteiger partial charge is 0.353 e. The van der Waals surface area contributed by atoms with Crippen LogP contribution in [-0.4, -0.2) is 9.97 Å². The SMILES string of the molecule is Cc1ccccc1N1C(C)c2cncnc2C12CCCC2. The fraction of sp³-hybridized carbons (Fsp3) is 0.444. The molecule has 3 heteroatoms. The van der Waals surface area contributed by atoms with E-state index in [1.807, 2.05) is 6.20 Å². The maximum absolute atomic E-state index is 4.70. The van der Waals surface area contributed by atoms with Crippen LogP contribution < -0.4 is 4.90 Å². The normalized spacial score (nSPS) is 22.8. The first-order valence-corrected chi connectivity index (χ1v) is 7.89. The molecule has 1 atom stereocenters. The Kier molecular flexibility index (Phi) is 2.78. The quantitative estimate of drug-likeness (QED) is 0.785. The van der Waals surface area contributed by atoms with Crippen molar-refractivity contribution in [2.24, 2.45) is 0 Å². The summed E-state index contributed by atoms with van der Waals surface area (Å²) in [6.07, 6.45) is 8.72. The van der Waals surface area contributed by atoms with E-state index in [-0.39, 0.29) is 5.54 Å². The van der Waals surface area contributed by atoms with Gasteiger partial charge in [0.05, 0.1) is 17.3 Å². The van der Waals surface area contributed by atoms with Crippen molar-refractivity contribution in [1.29, 1.82) is 0 Å². The van der Waals surface area contributed by atoms with Gasteiger partial charge in [0, 0.05) is 17.4 Å². The summed E-state index contributed by atoms with van der Waals surface area (Å²) in [5, 5.41) is 0. The smallest absolute Gasteiger partial charge is 0.115 e. The van der Waals surface area contributed by atoms with Crippen molar-refractivity contribution in [2.75, 3.05) is 4.90 Å². The van der Waals surface area contributed by atoms with Crippen LogP contribution in [0.1, 0.15) is 55.5 Å². The fourth-order valence-electron chi connectivity index (χ4n) is 4.37. The number of hydrogen-bond donors (Lipinski definition) is 0. The molecular weight excluding hydrogens is 258 g/mol. The third-order valence-corrected chi connectivity index (χ3v) is 5.29. The lowest BCUT2D eigenvalue weighted by atomic mass is 9.92. The number of nitrogens with zero attached hydrogens (tertiary/aromatic N) is 3. The van der Waals surface area contributed by atoms with E-state index in [1.165, 1.54) is 48.2 Å². The fourth-order valence-corrected chi connectivity index (χ4v) is 4.37. The van der Waals surface area contributed by atoms with Crippen LogP contribution in [0.5, 0.6) is 0 Å². The zero-order chi connectivity index (χ0) is 14.4. The summed E-state index contributed by atoms with van der Waals surface area (Å²) in [6.45, 7) is 4.50. The lowest BCUT2D eigenvalue weighted by Crippen LogP contribution is -2.40. The van der Waals surface area contributed by atoms with Gasteiger partial charge in [-0.1, -0.05) is 31.0 Å². The Morgan fingerprint density at radius 3 is 2.71 bits per heavy atom. The third kappa shape index (κ3) is 1.66. The minimum Gasteiger partial charge on any atom is -0.353 e. The van der Waals surface area contributed by atoms with Crippen LogP contribution in [0.15, 0.2) is 36.8 Å². The van der Waals surface area contributed by atoms with Crippen molar-refractivity contribution in [3.8, 4) is 0 Å². The number of aryl methyl sites for hydroxylation is 1. The van der Waals surface area contributed by atoms with Crippen molar-refractivity contribution in [3.63, 3.8) is 0 Å². The van der Waals surface area contributed by atoms with Crippen molar-refractivity contribution in [1.82, 2.24) is 9.97 Å². The minimum atomic E-state index is 0.0871. The summed E-state index contributed by atoms with van der Waals surface area (Å²) < 4.78 is 0. The summed E-state index contributed by atoms with van der Waals surface area (Å²) in [6, 6.07) is 9.07. The highest BCUT2D eigenvalue weighted by Crippen LogP contribution is 2.55. The van der Waals surface area contributed by atoms with Crippen LogP contribution in [0.3, 0.4) is 0 Å². The molecule has 1 unspecified atom stereocenters. The summed E-state index contributed by atoms with van der Waals surface area (Å²) in [5.74, 6) is 0. The topological polar surface area (TPSA) is 29.0 Å². The van der Waals surface area contributed by atoms with Crippen molar-refractivity contribution in [3.05, 3.63) is 53.6 Å². The molecule has 4 rings (SSSR count). The Bertz CT molecular complexity index is 674. The van der Waals surface area contributed by atoms with Crippen LogP contribution in [-0.2, 0) is 5.54 Å². The Hall–Kier alpha value is -1.90. The Morgan fingerprint density at radius 1 is 1.19 bits per heavy atom. The van der Waals surface area contributed by atoms with Crippen molar-refractivity contribution in [2.45, 2.75) is 51.1 Å². The second-order valence-corrected chi connectivity index (χ2v) is 6.40. The minimum absolute atomic E-state index is 0.0871. The number of para-hydroxylation sites is 1. The summed E-state index contributed by atoms with van der Waals surface area (Å²) in [7, 11) is 0. The Labute approximate surface area is 126 Å². The van der Waals surface area contributed by atoms with Gasteiger partial charge >= 0.3 is 0 Å². The number of hydrogen-bond acceptors (Lipinski definition) is 3. The highest BCUT2D eigenvalue weighted by Gasteiger charge is 2.51. The van der Waals surface area contributed by atoms with Gasteiger partial charge in [0.1, 0.15) is 6.33 Å². The third-order valence-electron chi connectivity index (χ3n) is 5.29. The molecule has 108 valence electrons. The molecular formula is C18H21N3. The van der Waals surface area contributed by atoms with Gasteiger partial charge in [-0.2, -0.15) is 0 Å². The Morgan fingerprint density at radius 2 is 1.95 bits per heavy atom. The summed E-state index contributed by atoms with van der Waals surface area (Å²) >= 11 is 0. The van der Waals surface area contributed by atoms with Crippen LogP contribution in [0.2, 0.25) is 0 Å². The van der Waals surface area contributed by atoms with Gasteiger partial charge in [0.15, 0.2) is 0 Å². The van der Waals surface area contributed by atoms with Crippen LogP contribution in [0, 0.1) is 6.92 Å². The van der Waals surface area contributed by atoms with E-state index in [0.29, 0.717) is 6.04 Å². The first kappa shape index (κ1) is 12.8. The van der Waals surface area contributed by atoms with Crippen LogP contribution >= 0.6 is 0 Å². The van der Waals surface area contributed by atoms with Gasteiger partial charge < -0.3 is 4.90 Å². The van der Waals surface area contributed by atoms with Gasteiger partial charge in [-0.15, -0.1) is 0 Å². The maximum Gasteiger partial charge on any atom is 0.115 e. The lowest BCUT2D eigenvalue weighted by molar-refractivity contribution is 0.407. The second kappa shape index (κ2) is 4.55. The Balaban J connectivity index is 1.93. The number of benzene rings is 1. The number of rotatable bonds is 1. The number of anilines is 1. The summed E-state index contributed by atoms with van der Waals surface area (Å²) in [5.41, 5.74) is 5.36. The lowest BCUT2D eigenvalue weighted by Gasteiger charge is -2.40. The highest BCUT2D eigenvalue weighted by atomic mass is 15.3. The molecule has 1 saturated carbocycles. The van der Waals surface area contributed by atoms with Gasteiger partial charge in [0.2, 0.25) is 0 Å². The summed E-state index contributed by atoms with van der Waals surface area (Å²) in [4.78, 5) is 11.6. The van der Waals surface area contributed by atoms with Gasteiger partial charge in [-0.25, -0.2) is 9.97 Å². The van der Waals surface area contributed by atoms with E-state index >= 15 is 0 Å². The molecule has 1 aliphatic heterocycles. The molecule has 1 aliphatic carbocycles. The van der Waals surface area contributed by atoms with Gasteiger partial charge in [-0.05, 0) is 38.3 Å². The van der Waals surface area contributed by atoms with Crippen LogP contribution in [0.4, 0.5) is 5.69 Å². The zero-order valence-corrected chi connectivity index (χ0v) is 12.7.